The van der Waals surface area contributed by atoms with E-state index in [1.54, 1.807) is 0 Å². The van der Waals surface area contributed by atoms with Gasteiger partial charge in [0.25, 0.3) is 0 Å². The average Bonchev–Trinajstić information content (AvgIpc) is 2.39. The fraction of sp³-hybridized carbons (Fsp3) is 0.941. The number of ketones is 1. The lowest BCUT2D eigenvalue weighted by atomic mass is 9.41. The number of Topliss-reactive ketones (excluding diaryl/α,β-unsaturated/α-hetero) is 1. The zero-order valence-electron chi connectivity index (χ0n) is 13.5. The van der Waals surface area contributed by atoms with E-state index in [4.69, 9.17) is 0 Å². The van der Waals surface area contributed by atoms with E-state index >= 15 is 0 Å². The molecule has 0 N–H and O–H groups in total. The van der Waals surface area contributed by atoms with Gasteiger partial charge in [-0.15, -0.1) is 0 Å². The molecule has 1 aliphatic rings. The Balaban J connectivity index is 2.64. The van der Waals surface area contributed by atoms with Crippen LogP contribution in [0.25, 0.3) is 0 Å². The molecule has 0 heterocycles. The van der Waals surface area contributed by atoms with Crippen LogP contribution in [0.15, 0.2) is 0 Å². The van der Waals surface area contributed by atoms with Crippen LogP contribution >= 0.6 is 0 Å². The first-order valence-electron chi connectivity index (χ1n) is 8.43. The maximum Gasteiger partial charge on any atom is 0.133 e. The fourth-order valence-corrected chi connectivity index (χ4v) is 3.30. The van der Waals surface area contributed by atoms with Crippen molar-refractivity contribution in [2.75, 3.05) is 0 Å². The zero-order chi connectivity index (χ0) is 14.3. The van der Waals surface area contributed by atoms with Gasteiger partial charge in [-0.2, -0.15) is 0 Å². The van der Waals surface area contributed by atoms with Gasteiger partial charge < -0.3 is 0 Å². The van der Waals surface area contributed by atoms with E-state index in [2.05, 4.69) is 35.0 Å². The standard InChI is InChI=1S/C17H32BO/c1-5-14(3)16(19)17(4,6-2)18-15-12-10-8-7-9-11-13-15/h14-15H,5-13H2,1-4H3. The van der Waals surface area contributed by atoms with E-state index in [1.165, 1.54) is 44.9 Å². The molecule has 19 heavy (non-hydrogen) atoms. The van der Waals surface area contributed by atoms with Crippen LogP contribution in [0, 0.1) is 5.92 Å². The highest BCUT2D eigenvalue weighted by atomic mass is 16.1. The van der Waals surface area contributed by atoms with Crippen molar-refractivity contribution in [2.24, 2.45) is 5.92 Å². The molecule has 109 valence electrons. The predicted molar refractivity (Wildman–Crippen MR) is 84.9 cm³/mol. The highest BCUT2D eigenvalue weighted by Gasteiger charge is 2.36. The number of carbonyl (C=O) groups excluding carboxylic acids is 1. The Hall–Kier alpha value is -0.265. The summed E-state index contributed by atoms with van der Waals surface area (Å²) in [7, 11) is 2.42. The van der Waals surface area contributed by atoms with Crippen LogP contribution in [0.4, 0.5) is 0 Å². The Morgan fingerprint density at radius 3 is 2.16 bits per heavy atom. The topological polar surface area (TPSA) is 17.1 Å². The van der Waals surface area contributed by atoms with Gasteiger partial charge in [0.15, 0.2) is 0 Å². The van der Waals surface area contributed by atoms with E-state index in [0.717, 1.165) is 12.8 Å². The van der Waals surface area contributed by atoms with E-state index in [-0.39, 0.29) is 11.2 Å². The molecule has 2 unspecified atom stereocenters. The third-order valence-electron chi connectivity index (χ3n) is 5.11. The van der Waals surface area contributed by atoms with Gasteiger partial charge in [0.2, 0.25) is 0 Å². The number of hydrogen-bond acceptors (Lipinski definition) is 1. The van der Waals surface area contributed by atoms with Gasteiger partial charge in [-0.3, -0.25) is 4.79 Å². The molecule has 2 heteroatoms. The second-order valence-electron chi connectivity index (χ2n) is 6.72. The minimum Gasteiger partial charge on any atom is -0.300 e. The molecule has 1 saturated carbocycles. The van der Waals surface area contributed by atoms with E-state index in [9.17, 15) is 4.79 Å². The van der Waals surface area contributed by atoms with Crippen LogP contribution < -0.4 is 0 Å². The van der Waals surface area contributed by atoms with Crippen LogP contribution in [0.3, 0.4) is 0 Å². The number of carbonyl (C=O) groups is 1. The monoisotopic (exact) mass is 263 g/mol. The number of rotatable bonds is 6. The van der Waals surface area contributed by atoms with E-state index < -0.39 is 0 Å². The molecular formula is C17H32BO. The summed E-state index contributed by atoms with van der Waals surface area (Å²) in [5.74, 6) is 1.33. The summed E-state index contributed by atoms with van der Waals surface area (Å²) in [6.07, 6.45) is 11.4. The summed E-state index contributed by atoms with van der Waals surface area (Å²) in [6.45, 7) is 8.54. The molecule has 1 nitrogen and oxygen atoms in total. The molecule has 0 aromatic heterocycles. The van der Waals surface area contributed by atoms with Crippen molar-refractivity contribution in [1.29, 1.82) is 0 Å². The summed E-state index contributed by atoms with van der Waals surface area (Å²) in [6, 6.07) is 0. The van der Waals surface area contributed by atoms with Gasteiger partial charge in [0, 0.05) is 5.92 Å². The van der Waals surface area contributed by atoms with Gasteiger partial charge in [-0.1, -0.05) is 84.9 Å². The summed E-state index contributed by atoms with van der Waals surface area (Å²) in [5, 5.41) is -0.195. The lowest BCUT2D eigenvalue weighted by Gasteiger charge is -2.33. The molecule has 0 aromatic rings. The zero-order valence-corrected chi connectivity index (χ0v) is 13.5. The quantitative estimate of drug-likeness (QED) is 0.584. The molecule has 0 amide bonds. The van der Waals surface area contributed by atoms with Gasteiger partial charge >= 0.3 is 0 Å². The van der Waals surface area contributed by atoms with Crippen molar-refractivity contribution in [3.05, 3.63) is 0 Å². The van der Waals surface area contributed by atoms with Crippen molar-refractivity contribution < 1.29 is 4.79 Å². The third kappa shape index (κ3) is 4.97. The molecule has 2 atom stereocenters. The fourth-order valence-electron chi connectivity index (χ4n) is 3.30. The second kappa shape index (κ2) is 8.12. The van der Waals surface area contributed by atoms with Crippen molar-refractivity contribution in [3.63, 3.8) is 0 Å². The lowest BCUT2D eigenvalue weighted by Crippen LogP contribution is -2.33. The van der Waals surface area contributed by atoms with Crippen LogP contribution in [0.2, 0.25) is 11.1 Å². The lowest BCUT2D eigenvalue weighted by molar-refractivity contribution is -0.125. The first-order chi connectivity index (χ1) is 9.03. The summed E-state index contributed by atoms with van der Waals surface area (Å²) >= 11 is 0. The van der Waals surface area contributed by atoms with Crippen LogP contribution in [-0.2, 0) is 4.79 Å². The van der Waals surface area contributed by atoms with Gasteiger partial charge in [0.05, 0.1) is 0 Å². The van der Waals surface area contributed by atoms with Crippen molar-refractivity contribution >= 4 is 13.1 Å². The van der Waals surface area contributed by atoms with Crippen LogP contribution in [-0.4, -0.2) is 13.1 Å². The summed E-state index contributed by atoms with van der Waals surface area (Å²) in [5.41, 5.74) is 0. The van der Waals surface area contributed by atoms with Crippen LogP contribution in [0.1, 0.15) is 85.5 Å². The highest BCUT2D eigenvalue weighted by molar-refractivity contribution is 6.49. The molecule has 0 aromatic carbocycles. The first kappa shape index (κ1) is 16.8. The van der Waals surface area contributed by atoms with Crippen molar-refractivity contribution in [1.82, 2.24) is 0 Å². The molecule has 0 bridgehead atoms. The minimum absolute atomic E-state index is 0.195. The van der Waals surface area contributed by atoms with Crippen LogP contribution in [0.5, 0.6) is 0 Å². The largest absolute Gasteiger partial charge is 0.300 e. The Morgan fingerprint density at radius 2 is 1.68 bits per heavy atom. The highest BCUT2D eigenvalue weighted by Crippen LogP contribution is 2.40. The van der Waals surface area contributed by atoms with Crippen molar-refractivity contribution in [2.45, 2.75) is 96.6 Å². The second-order valence-corrected chi connectivity index (χ2v) is 6.72. The Labute approximate surface area is 121 Å². The molecular weight excluding hydrogens is 231 g/mol. The van der Waals surface area contributed by atoms with Crippen molar-refractivity contribution in [3.8, 4) is 0 Å². The molecule has 1 fully saturated rings. The summed E-state index contributed by atoms with van der Waals surface area (Å²) in [4.78, 5) is 12.6. The average molecular weight is 263 g/mol. The minimum atomic E-state index is -0.195. The predicted octanol–water partition coefficient (Wildman–Crippen LogP) is 5.43. The molecule has 0 saturated heterocycles. The van der Waals surface area contributed by atoms with Gasteiger partial charge in [-0.05, 0) is 11.7 Å². The van der Waals surface area contributed by atoms with E-state index in [1.807, 2.05) is 0 Å². The molecule has 1 radical (unpaired) electrons. The maximum absolute atomic E-state index is 12.6. The molecule has 0 spiro atoms. The molecule has 0 aliphatic heterocycles. The van der Waals surface area contributed by atoms with E-state index in [0.29, 0.717) is 11.6 Å². The molecule has 1 aliphatic carbocycles. The SMILES string of the molecule is CCC(C)C(=O)C(C)([B]C1CCCCCCC1)CC. The van der Waals surface area contributed by atoms with Gasteiger partial charge in [0.1, 0.15) is 13.1 Å². The molecule has 1 rings (SSSR count). The normalized spacial score (nSPS) is 22.9. The smallest absolute Gasteiger partial charge is 0.133 e. The maximum atomic E-state index is 12.6. The van der Waals surface area contributed by atoms with Gasteiger partial charge in [-0.25, -0.2) is 0 Å². The summed E-state index contributed by atoms with van der Waals surface area (Å²) < 4.78 is 0. The first-order valence-corrected chi connectivity index (χ1v) is 8.43. The Morgan fingerprint density at radius 1 is 1.16 bits per heavy atom. The third-order valence-corrected chi connectivity index (χ3v) is 5.11. The number of hydrogen-bond donors (Lipinski definition) is 0. The Kier molecular flexibility index (Phi) is 7.17. The Bertz CT molecular complexity index is 268.